The van der Waals surface area contributed by atoms with Gasteiger partial charge in [-0.3, -0.25) is 4.79 Å². The molecule has 0 atom stereocenters. The fourth-order valence-electron chi connectivity index (χ4n) is 1.69. The Morgan fingerprint density at radius 3 is 2.35 bits per heavy atom. The third-order valence-electron chi connectivity index (χ3n) is 2.81. The normalized spacial score (nSPS) is 11.7. The number of carbonyl (C=O) groups is 1. The maximum atomic E-state index is 12.1. The first-order chi connectivity index (χ1) is 10.7. The van der Waals surface area contributed by atoms with Crippen LogP contribution in [0.5, 0.6) is 5.75 Å². The number of benzene rings is 1. The molecule has 0 bridgehead atoms. The maximum absolute atomic E-state index is 12.1. The minimum atomic E-state index is -3.72. The van der Waals surface area contributed by atoms with Crippen molar-refractivity contribution < 1.29 is 17.9 Å². The van der Waals surface area contributed by atoms with Gasteiger partial charge in [0.2, 0.25) is 15.9 Å². The average molecular weight is 343 g/mol. The number of nitrogens with zero attached hydrogens (tertiary/aromatic N) is 1. The highest BCUT2D eigenvalue weighted by Gasteiger charge is 2.15. The Labute approximate surface area is 138 Å². The maximum Gasteiger partial charge on any atom is 0.241 e. The monoisotopic (exact) mass is 343 g/mol. The van der Waals surface area contributed by atoms with Crippen LogP contribution in [-0.2, 0) is 14.8 Å². The van der Waals surface area contributed by atoms with Gasteiger partial charge in [-0.1, -0.05) is 0 Å². The molecule has 130 valence electrons. The number of nitrogens with one attached hydrogen (secondary N) is 2. The molecule has 0 spiro atoms. The summed E-state index contributed by atoms with van der Waals surface area (Å²) in [4.78, 5) is 13.6. The van der Waals surface area contributed by atoms with Crippen molar-refractivity contribution in [1.82, 2.24) is 14.9 Å². The largest absolute Gasteiger partial charge is 0.491 e. The summed E-state index contributed by atoms with van der Waals surface area (Å²) < 4.78 is 32.0. The molecular formula is C15H25N3O4S. The summed E-state index contributed by atoms with van der Waals surface area (Å²) in [7, 11) is 0.0621. The lowest BCUT2D eigenvalue weighted by atomic mass is 10.3. The van der Waals surface area contributed by atoms with E-state index in [1.54, 1.807) is 12.1 Å². The Kier molecular flexibility index (Phi) is 7.47. The van der Waals surface area contributed by atoms with Crippen LogP contribution in [0.25, 0.3) is 0 Å². The van der Waals surface area contributed by atoms with E-state index in [0.29, 0.717) is 18.8 Å². The zero-order valence-electron chi connectivity index (χ0n) is 14.0. The molecule has 1 amide bonds. The molecule has 7 nitrogen and oxygen atoms in total. The van der Waals surface area contributed by atoms with Crippen molar-refractivity contribution in [2.75, 3.05) is 33.7 Å². The van der Waals surface area contributed by atoms with Gasteiger partial charge in [0.1, 0.15) is 5.75 Å². The predicted molar refractivity (Wildman–Crippen MR) is 89.0 cm³/mol. The molecule has 1 rings (SSSR count). The molecule has 0 saturated carbocycles. The van der Waals surface area contributed by atoms with Crippen LogP contribution in [0.3, 0.4) is 0 Å². The van der Waals surface area contributed by atoms with Gasteiger partial charge in [0, 0.05) is 13.1 Å². The predicted octanol–water partition coefficient (Wildman–Crippen LogP) is 0.430. The number of hydrogen-bond acceptors (Lipinski definition) is 5. The Bertz CT molecular complexity index is 598. The van der Waals surface area contributed by atoms with Gasteiger partial charge in [-0.15, -0.1) is 0 Å². The molecule has 1 aromatic carbocycles. The molecule has 0 unspecified atom stereocenters. The topological polar surface area (TPSA) is 87.7 Å². The van der Waals surface area contributed by atoms with E-state index in [2.05, 4.69) is 10.0 Å². The fourth-order valence-corrected chi connectivity index (χ4v) is 2.68. The van der Waals surface area contributed by atoms with Crippen LogP contribution >= 0.6 is 0 Å². The molecular weight excluding hydrogens is 318 g/mol. The molecule has 0 aliphatic carbocycles. The standard InChI is InChI=1S/C15H25N3O4S/c1-12(2)22-13-5-7-14(8-6-13)23(20,21)17-11-15(19)16-9-10-18(3)4/h5-8,12,17H,9-11H2,1-4H3,(H,16,19). The summed E-state index contributed by atoms with van der Waals surface area (Å²) in [6.45, 7) is 4.65. The molecule has 0 aromatic heterocycles. The van der Waals surface area contributed by atoms with E-state index in [4.69, 9.17) is 4.74 Å². The van der Waals surface area contributed by atoms with E-state index in [1.165, 1.54) is 12.1 Å². The smallest absolute Gasteiger partial charge is 0.241 e. The third-order valence-corrected chi connectivity index (χ3v) is 4.23. The third kappa shape index (κ3) is 7.45. The lowest BCUT2D eigenvalue weighted by Gasteiger charge is -2.12. The number of rotatable bonds is 9. The Balaban J connectivity index is 2.53. The van der Waals surface area contributed by atoms with Crippen LogP contribution in [0.4, 0.5) is 0 Å². The zero-order valence-corrected chi connectivity index (χ0v) is 14.8. The lowest BCUT2D eigenvalue weighted by molar-refractivity contribution is -0.119. The van der Waals surface area contributed by atoms with Gasteiger partial charge in [-0.05, 0) is 52.2 Å². The van der Waals surface area contributed by atoms with E-state index >= 15 is 0 Å². The summed E-state index contributed by atoms with van der Waals surface area (Å²) >= 11 is 0. The first-order valence-electron chi connectivity index (χ1n) is 7.38. The minimum Gasteiger partial charge on any atom is -0.491 e. The van der Waals surface area contributed by atoms with Crippen molar-refractivity contribution in [2.45, 2.75) is 24.8 Å². The molecule has 1 aromatic rings. The lowest BCUT2D eigenvalue weighted by Crippen LogP contribution is -2.39. The number of hydrogen-bond donors (Lipinski definition) is 2. The van der Waals surface area contributed by atoms with Crippen LogP contribution in [0, 0.1) is 0 Å². The number of ether oxygens (including phenoxy) is 1. The Morgan fingerprint density at radius 1 is 1.22 bits per heavy atom. The average Bonchev–Trinajstić information content (AvgIpc) is 2.45. The van der Waals surface area contributed by atoms with E-state index in [-0.39, 0.29) is 23.5 Å². The summed E-state index contributed by atoms with van der Waals surface area (Å²) in [5.74, 6) is 0.232. The summed E-state index contributed by atoms with van der Waals surface area (Å²) in [6, 6.07) is 6.07. The van der Waals surface area contributed by atoms with Gasteiger partial charge in [0.05, 0.1) is 17.5 Å². The van der Waals surface area contributed by atoms with Crippen LogP contribution < -0.4 is 14.8 Å². The number of carbonyl (C=O) groups excluding carboxylic acids is 1. The highest BCUT2D eigenvalue weighted by atomic mass is 32.2. The number of likely N-dealkylation sites (N-methyl/N-ethyl adjacent to an activating group) is 1. The summed E-state index contributed by atoms with van der Waals surface area (Å²) in [6.07, 6.45) is 0.0152. The van der Waals surface area contributed by atoms with Crippen LogP contribution in [0.2, 0.25) is 0 Å². The number of sulfonamides is 1. The van der Waals surface area contributed by atoms with Crippen molar-refractivity contribution >= 4 is 15.9 Å². The van der Waals surface area contributed by atoms with Crippen LogP contribution in [0.15, 0.2) is 29.2 Å². The Morgan fingerprint density at radius 2 is 1.83 bits per heavy atom. The molecule has 23 heavy (non-hydrogen) atoms. The minimum absolute atomic E-state index is 0.0152. The van der Waals surface area contributed by atoms with Gasteiger partial charge < -0.3 is 15.0 Å². The second-order valence-electron chi connectivity index (χ2n) is 5.62. The van der Waals surface area contributed by atoms with E-state index in [0.717, 1.165) is 0 Å². The second-order valence-corrected chi connectivity index (χ2v) is 7.38. The Hall–Kier alpha value is -1.64. The van der Waals surface area contributed by atoms with Crippen molar-refractivity contribution in [1.29, 1.82) is 0 Å². The first kappa shape index (κ1) is 19.4. The van der Waals surface area contributed by atoms with E-state index < -0.39 is 10.0 Å². The van der Waals surface area contributed by atoms with Gasteiger partial charge >= 0.3 is 0 Å². The van der Waals surface area contributed by atoms with Gasteiger partial charge in [0.25, 0.3) is 0 Å². The summed E-state index contributed by atoms with van der Waals surface area (Å²) in [5.41, 5.74) is 0. The van der Waals surface area contributed by atoms with Crippen molar-refractivity contribution in [3.05, 3.63) is 24.3 Å². The van der Waals surface area contributed by atoms with Gasteiger partial charge in [-0.2, -0.15) is 0 Å². The van der Waals surface area contributed by atoms with Crippen LogP contribution in [-0.4, -0.2) is 59.1 Å². The molecule has 0 heterocycles. The fraction of sp³-hybridized carbons (Fsp3) is 0.533. The van der Waals surface area contributed by atoms with E-state index in [1.807, 2.05) is 32.8 Å². The summed E-state index contributed by atoms with van der Waals surface area (Å²) in [5, 5.41) is 2.64. The molecule has 0 radical (unpaired) electrons. The first-order valence-corrected chi connectivity index (χ1v) is 8.87. The molecule has 0 saturated heterocycles. The van der Waals surface area contributed by atoms with Crippen LogP contribution in [0.1, 0.15) is 13.8 Å². The SMILES string of the molecule is CC(C)Oc1ccc(S(=O)(=O)NCC(=O)NCCN(C)C)cc1. The highest BCUT2D eigenvalue weighted by Crippen LogP contribution is 2.16. The van der Waals surface area contributed by atoms with Crippen molar-refractivity contribution in [3.8, 4) is 5.75 Å². The van der Waals surface area contributed by atoms with Crippen molar-refractivity contribution in [3.63, 3.8) is 0 Å². The zero-order chi connectivity index (χ0) is 17.5. The van der Waals surface area contributed by atoms with Gasteiger partial charge in [0.15, 0.2) is 0 Å². The second kappa shape index (κ2) is 8.85. The quantitative estimate of drug-likeness (QED) is 0.679. The number of amides is 1. The molecule has 2 N–H and O–H groups in total. The van der Waals surface area contributed by atoms with E-state index in [9.17, 15) is 13.2 Å². The molecule has 8 heteroatoms. The highest BCUT2D eigenvalue weighted by molar-refractivity contribution is 7.89. The molecule has 0 aliphatic rings. The van der Waals surface area contributed by atoms with Gasteiger partial charge in [-0.25, -0.2) is 13.1 Å². The molecule has 0 fully saturated rings. The van der Waals surface area contributed by atoms with Crippen molar-refractivity contribution in [2.24, 2.45) is 0 Å². The molecule has 0 aliphatic heterocycles.